The molecule has 0 aliphatic carbocycles. The molecule has 0 aromatic heterocycles. The van der Waals surface area contributed by atoms with E-state index < -0.39 is 11.6 Å². The summed E-state index contributed by atoms with van der Waals surface area (Å²) in [7, 11) is 1.75. The minimum atomic E-state index is -0.553. The fraction of sp³-hybridized carbons (Fsp3) is 0.650. The lowest BCUT2D eigenvalue weighted by atomic mass is 10.0. The van der Waals surface area contributed by atoms with Crippen molar-refractivity contribution in [2.45, 2.75) is 31.8 Å². The Kier molecular flexibility index (Phi) is 8.90. The first-order valence-electron chi connectivity index (χ1n) is 9.89. The van der Waals surface area contributed by atoms with Crippen LogP contribution in [0.4, 0.5) is 14.5 Å². The minimum absolute atomic E-state index is 0. The van der Waals surface area contributed by atoms with Gasteiger partial charge in [0.25, 0.3) is 0 Å². The second kappa shape index (κ2) is 10.7. The Bertz CT molecular complexity index is 697. The maximum absolute atomic E-state index is 14.0. The van der Waals surface area contributed by atoms with Crippen LogP contribution in [0.2, 0.25) is 0 Å². The third kappa shape index (κ3) is 6.39. The van der Waals surface area contributed by atoms with Gasteiger partial charge < -0.3 is 20.3 Å². The number of anilines is 1. The number of nitrogens with one attached hydrogen (secondary N) is 2. The predicted octanol–water partition coefficient (Wildman–Crippen LogP) is 2.44. The van der Waals surface area contributed by atoms with E-state index in [1.807, 2.05) is 4.90 Å². The molecule has 1 aromatic rings. The Balaban J connectivity index is 0.00000300. The Labute approximate surface area is 189 Å². The SMILES string of the molecule is CN=C(NCC(C)(C)N1CCOCC1)NC1CCN(c2ccc(F)cc2F)C1.I. The first-order valence-corrected chi connectivity index (χ1v) is 9.89. The van der Waals surface area contributed by atoms with Crippen LogP contribution in [0.5, 0.6) is 0 Å². The second-order valence-electron chi connectivity index (χ2n) is 8.01. The van der Waals surface area contributed by atoms with Crippen molar-refractivity contribution < 1.29 is 13.5 Å². The molecule has 2 heterocycles. The number of benzene rings is 1. The second-order valence-corrected chi connectivity index (χ2v) is 8.01. The van der Waals surface area contributed by atoms with Crippen LogP contribution >= 0.6 is 24.0 Å². The predicted molar refractivity (Wildman–Crippen MR) is 123 cm³/mol. The molecule has 1 unspecified atom stereocenters. The molecule has 1 aromatic carbocycles. The number of guanidine groups is 1. The summed E-state index contributed by atoms with van der Waals surface area (Å²) in [6, 6.07) is 3.89. The number of ether oxygens (including phenoxy) is 1. The third-order valence-electron chi connectivity index (χ3n) is 5.56. The van der Waals surface area contributed by atoms with E-state index in [0.29, 0.717) is 12.2 Å². The van der Waals surface area contributed by atoms with Gasteiger partial charge >= 0.3 is 0 Å². The maximum atomic E-state index is 14.0. The molecule has 0 spiro atoms. The fourth-order valence-electron chi connectivity index (χ4n) is 3.80. The summed E-state index contributed by atoms with van der Waals surface area (Å²) in [5, 5.41) is 6.85. The lowest BCUT2D eigenvalue weighted by Gasteiger charge is -2.41. The number of nitrogens with zero attached hydrogens (tertiary/aromatic N) is 3. The molecule has 0 bridgehead atoms. The topological polar surface area (TPSA) is 52.1 Å². The van der Waals surface area contributed by atoms with E-state index in [9.17, 15) is 8.78 Å². The van der Waals surface area contributed by atoms with Crippen LogP contribution in [-0.4, -0.2) is 75.4 Å². The molecule has 2 N–H and O–H groups in total. The number of rotatable bonds is 5. The van der Waals surface area contributed by atoms with Gasteiger partial charge in [0.15, 0.2) is 5.96 Å². The number of morpholine rings is 1. The van der Waals surface area contributed by atoms with E-state index in [1.54, 1.807) is 7.05 Å². The van der Waals surface area contributed by atoms with E-state index in [4.69, 9.17) is 4.74 Å². The molecule has 0 saturated carbocycles. The highest BCUT2D eigenvalue weighted by atomic mass is 127. The highest BCUT2D eigenvalue weighted by Gasteiger charge is 2.29. The first kappa shape index (κ1) is 24.1. The van der Waals surface area contributed by atoms with Gasteiger partial charge in [-0.25, -0.2) is 8.78 Å². The van der Waals surface area contributed by atoms with Gasteiger partial charge in [0.2, 0.25) is 0 Å². The number of hydrogen-bond donors (Lipinski definition) is 2. The molecule has 2 fully saturated rings. The zero-order valence-corrected chi connectivity index (χ0v) is 19.7. The monoisotopic (exact) mass is 523 g/mol. The van der Waals surface area contributed by atoms with Crippen molar-refractivity contribution in [1.29, 1.82) is 0 Å². The lowest BCUT2D eigenvalue weighted by Crippen LogP contribution is -2.57. The Morgan fingerprint density at radius 3 is 2.62 bits per heavy atom. The van der Waals surface area contributed by atoms with Crippen molar-refractivity contribution in [2.75, 3.05) is 57.9 Å². The molecule has 2 saturated heterocycles. The Hall–Kier alpha value is -1.20. The quantitative estimate of drug-likeness (QED) is 0.353. The van der Waals surface area contributed by atoms with Crippen molar-refractivity contribution >= 4 is 35.6 Å². The normalized spacial score (nSPS) is 21.1. The van der Waals surface area contributed by atoms with E-state index in [-0.39, 0.29) is 35.6 Å². The van der Waals surface area contributed by atoms with Crippen LogP contribution in [0, 0.1) is 11.6 Å². The largest absolute Gasteiger partial charge is 0.379 e. The first-order chi connectivity index (χ1) is 13.4. The molecule has 9 heteroatoms. The van der Waals surface area contributed by atoms with Crippen molar-refractivity contribution in [2.24, 2.45) is 4.99 Å². The number of hydrogen-bond acceptors (Lipinski definition) is 4. The van der Waals surface area contributed by atoms with E-state index in [2.05, 4.69) is 34.4 Å². The molecule has 2 aliphatic rings. The number of halogens is 3. The zero-order valence-electron chi connectivity index (χ0n) is 17.4. The van der Waals surface area contributed by atoms with Crippen molar-refractivity contribution in [3.63, 3.8) is 0 Å². The van der Waals surface area contributed by atoms with Gasteiger partial charge in [-0.15, -0.1) is 24.0 Å². The van der Waals surface area contributed by atoms with Crippen LogP contribution < -0.4 is 15.5 Å². The molecule has 29 heavy (non-hydrogen) atoms. The van der Waals surface area contributed by atoms with Gasteiger partial charge in [0, 0.05) is 57.4 Å². The molecular formula is C20H32F2IN5O. The summed E-state index contributed by atoms with van der Waals surface area (Å²) >= 11 is 0. The Morgan fingerprint density at radius 1 is 1.24 bits per heavy atom. The standard InChI is InChI=1S/C20H31F2N5O.HI/c1-20(2,27-8-10-28-11-9-27)14-24-19(23-3)25-16-6-7-26(13-16)18-5-4-15(21)12-17(18)22;/h4-5,12,16H,6-11,13-14H2,1-3H3,(H2,23,24,25);1H. The van der Waals surface area contributed by atoms with Gasteiger partial charge in [-0.2, -0.15) is 0 Å². The van der Waals surface area contributed by atoms with Gasteiger partial charge in [0.1, 0.15) is 11.6 Å². The van der Waals surface area contributed by atoms with Crippen molar-refractivity contribution in [3.8, 4) is 0 Å². The van der Waals surface area contributed by atoms with E-state index >= 15 is 0 Å². The molecule has 3 rings (SSSR count). The molecule has 2 aliphatic heterocycles. The van der Waals surface area contributed by atoms with E-state index in [0.717, 1.165) is 57.8 Å². The fourth-order valence-corrected chi connectivity index (χ4v) is 3.80. The van der Waals surface area contributed by atoms with Crippen molar-refractivity contribution in [1.82, 2.24) is 15.5 Å². The van der Waals surface area contributed by atoms with Crippen LogP contribution in [0.3, 0.4) is 0 Å². The highest BCUT2D eigenvalue weighted by Crippen LogP contribution is 2.24. The zero-order chi connectivity index (χ0) is 20.1. The summed E-state index contributed by atoms with van der Waals surface area (Å²) in [6.45, 7) is 9.97. The minimum Gasteiger partial charge on any atom is -0.379 e. The lowest BCUT2D eigenvalue weighted by molar-refractivity contribution is -0.00834. The Morgan fingerprint density at radius 2 is 1.97 bits per heavy atom. The maximum Gasteiger partial charge on any atom is 0.191 e. The molecule has 164 valence electrons. The highest BCUT2D eigenvalue weighted by molar-refractivity contribution is 14.0. The summed E-state index contributed by atoms with van der Waals surface area (Å²) in [4.78, 5) is 8.70. The third-order valence-corrected chi connectivity index (χ3v) is 5.56. The van der Waals surface area contributed by atoms with Gasteiger partial charge in [-0.05, 0) is 32.4 Å². The van der Waals surface area contributed by atoms with Crippen LogP contribution in [0.25, 0.3) is 0 Å². The molecule has 1 atom stereocenters. The molecule has 0 radical (unpaired) electrons. The molecular weight excluding hydrogens is 491 g/mol. The summed E-state index contributed by atoms with van der Waals surface area (Å²) in [5.74, 6) is -0.328. The molecule has 6 nitrogen and oxygen atoms in total. The van der Waals surface area contributed by atoms with Gasteiger partial charge in [0.05, 0.1) is 18.9 Å². The average molecular weight is 523 g/mol. The number of aliphatic imine (C=N–C) groups is 1. The van der Waals surface area contributed by atoms with Gasteiger partial charge in [-0.1, -0.05) is 0 Å². The van der Waals surface area contributed by atoms with E-state index in [1.165, 1.54) is 12.1 Å². The molecule has 0 amide bonds. The van der Waals surface area contributed by atoms with Crippen LogP contribution in [0.15, 0.2) is 23.2 Å². The summed E-state index contributed by atoms with van der Waals surface area (Å²) in [5.41, 5.74) is 0.433. The average Bonchev–Trinajstić information content (AvgIpc) is 3.14. The smallest absolute Gasteiger partial charge is 0.191 e. The van der Waals surface area contributed by atoms with Crippen LogP contribution in [-0.2, 0) is 4.74 Å². The summed E-state index contributed by atoms with van der Waals surface area (Å²) < 4.78 is 32.6. The van der Waals surface area contributed by atoms with Gasteiger partial charge in [-0.3, -0.25) is 9.89 Å². The summed E-state index contributed by atoms with van der Waals surface area (Å²) in [6.07, 6.45) is 0.865. The van der Waals surface area contributed by atoms with Crippen LogP contribution in [0.1, 0.15) is 20.3 Å². The van der Waals surface area contributed by atoms with Crippen molar-refractivity contribution in [3.05, 3.63) is 29.8 Å².